The van der Waals surface area contributed by atoms with Gasteiger partial charge in [-0.15, -0.1) is 0 Å². The van der Waals surface area contributed by atoms with Gasteiger partial charge in [-0.25, -0.2) is 0 Å². The second kappa shape index (κ2) is 4.73. The molecule has 2 aromatic rings. The lowest BCUT2D eigenvalue weighted by Crippen LogP contribution is -1.79. The smallest absolute Gasteiger partial charge is 0.0545 e. The monoisotopic (exact) mass is 233 g/mol. The zero-order chi connectivity index (χ0) is 10.7. The van der Waals surface area contributed by atoms with Crippen LogP contribution in [0.4, 0.5) is 0 Å². The summed E-state index contributed by atoms with van der Waals surface area (Å²) in [4.78, 5) is 2.21. The maximum atomic E-state index is 6.09. The Kier molecular flexibility index (Phi) is 3.34. The van der Waals surface area contributed by atoms with E-state index in [0.717, 1.165) is 20.4 Å². The molecule has 0 saturated carbocycles. The maximum absolute atomic E-state index is 6.09. The summed E-state index contributed by atoms with van der Waals surface area (Å²) in [5.41, 5.74) is 1.03. The van der Waals surface area contributed by atoms with E-state index < -0.39 is 0 Å². The quantitative estimate of drug-likeness (QED) is 0.726. The average Bonchev–Trinajstić information content (AvgIpc) is 2.24. The van der Waals surface area contributed by atoms with Gasteiger partial charge >= 0.3 is 0 Å². The molecule has 0 saturated heterocycles. The highest BCUT2D eigenvalue weighted by atomic mass is 35.5. The molecule has 0 aliphatic rings. The summed E-state index contributed by atoms with van der Waals surface area (Å²) in [6.07, 6.45) is 0. The minimum Gasteiger partial charge on any atom is -0.0882 e. The summed E-state index contributed by atoms with van der Waals surface area (Å²) in [6.45, 7) is 3.98. The first-order chi connectivity index (χ1) is 7.27. The normalized spacial score (nSPS) is 10.3. The Morgan fingerprint density at radius 2 is 1.47 bits per heavy atom. The molecule has 2 aromatic carbocycles. The van der Waals surface area contributed by atoms with Crippen molar-refractivity contribution in [3.63, 3.8) is 0 Å². The Hall–Kier alpha value is -0.920. The fraction of sp³-hybridized carbons (Fsp3) is 0. The van der Waals surface area contributed by atoms with Crippen LogP contribution in [0.1, 0.15) is 5.56 Å². The molecule has 0 heterocycles. The number of hydrogen-bond acceptors (Lipinski definition) is 1. The van der Waals surface area contributed by atoms with Crippen molar-refractivity contribution in [1.82, 2.24) is 0 Å². The number of hydrogen-bond donors (Lipinski definition) is 0. The predicted octanol–water partition coefficient (Wildman–Crippen LogP) is 4.67. The van der Waals surface area contributed by atoms with Crippen LogP contribution in [0.2, 0.25) is 5.02 Å². The van der Waals surface area contributed by atoms with E-state index in [0.29, 0.717) is 0 Å². The highest BCUT2D eigenvalue weighted by molar-refractivity contribution is 7.99. The van der Waals surface area contributed by atoms with Crippen LogP contribution in [0.3, 0.4) is 0 Å². The summed E-state index contributed by atoms with van der Waals surface area (Å²) in [5.74, 6) is 0. The Balaban J connectivity index is 2.30. The summed E-state index contributed by atoms with van der Waals surface area (Å²) in [7, 11) is 0. The van der Waals surface area contributed by atoms with Gasteiger partial charge in [-0.2, -0.15) is 0 Å². The van der Waals surface area contributed by atoms with Crippen LogP contribution in [-0.4, -0.2) is 0 Å². The van der Waals surface area contributed by atoms with E-state index in [2.05, 4.69) is 13.0 Å². The first kappa shape index (κ1) is 10.6. The van der Waals surface area contributed by atoms with Gasteiger partial charge in [-0.05, 0) is 30.7 Å². The van der Waals surface area contributed by atoms with Crippen molar-refractivity contribution >= 4 is 23.4 Å². The van der Waals surface area contributed by atoms with E-state index in [9.17, 15) is 0 Å². The molecule has 0 spiro atoms. The van der Waals surface area contributed by atoms with Crippen molar-refractivity contribution in [2.45, 2.75) is 9.79 Å². The van der Waals surface area contributed by atoms with Crippen LogP contribution >= 0.6 is 23.4 Å². The van der Waals surface area contributed by atoms with Gasteiger partial charge in [0, 0.05) is 9.79 Å². The van der Waals surface area contributed by atoms with Crippen LogP contribution < -0.4 is 0 Å². The minimum atomic E-state index is 0.783. The molecule has 1 radical (unpaired) electrons. The second-order valence-corrected chi connectivity index (χ2v) is 4.63. The lowest BCUT2D eigenvalue weighted by atomic mass is 10.2. The Morgan fingerprint density at radius 1 is 0.867 bits per heavy atom. The third kappa shape index (κ3) is 2.55. The molecular formula is C13H10ClS. The van der Waals surface area contributed by atoms with Crippen LogP contribution in [-0.2, 0) is 0 Å². The van der Waals surface area contributed by atoms with Gasteiger partial charge in [-0.1, -0.05) is 53.7 Å². The summed E-state index contributed by atoms with van der Waals surface area (Å²) < 4.78 is 0. The molecule has 0 aliphatic carbocycles. The standard InChI is InChI=1S/C13H10ClS/c1-10-6-2-4-8-12(10)15-13-9-5-3-7-11(13)14/h2-9H,1H2. The largest absolute Gasteiger partial charge is 0.0882 e. The highest BCUT2D eigenvalue weighted by Gasteiger charge is 2.03. The van der Waals surface area contributed by atoms with Crippen molar-refractivity contribution in [2.24, 2.45) is 0 Å². The molecule has 15 heavy (non-hydrogen) atoms. The fourth-order valence-electron chi connectivity index (χ4n) is 1.25. The van der Waals surface area contributed by atoms with Gasteiger partial charge in [0.05, 0.1) is 5.02 Å². The number of rotatable bonds is 2. The summed E-state index contributed by atoms with van der Waals surface area (Å²) in [6, 6.07) is 15.9. The molecule has 2 heteroatoms. The van der Waals surface area contributed by atoms with Gasteiger partial charge < -0.3 is 0 Å². The first-order valence-corrected chi connectivity index (χ1v) is 5.80. The molecule has 0 bridgehead atoms. The molecule has 0 N–H and O–H groups in total. The Morgan fingerprint density at radius 3 is 2.13 bits per heavy atom. The third-order valence-corrected chi connectivity index (χ3v) is 3.66. The lowest BCUT2D eigenvalue weighted by Gasteiger charge is -2.06. The SMILES string of the molecule is [CH2]c1ccccc1Sc1ccccc1Cl. The number of halogens is 1. The van der Waals surface area contributed by atoms with Gasteiger partial charge in [-0.3, -0.25) is 0 Å². The Labute approximate surface area is 99.3 Å². The molecule has 75 valence electrons. The summed E-state index contributed by atoms with van der Waals surface area (Å²) in [5, 5.41) is 0.783. The number of benzene rings is 2. The van der Waals surface area contributed by atoms with Crippen LogP contribution in [0.5, 0.6) is 0 Å². The van der Waals surface area contributed by atoms with Crippen molar-refractivity contribution in [3.05, 3.63) is 66.0 Å². The maximum Gasteiger partial charge on any atom is 0.0545 e. The van der Waals surface area contributed by atoms with E-state index >= 15 is 0 Å². The zero-order valence-corrected chi connectivity index (χ0v) is 9.68. The Bertz CT molecular complexity index is 422. The molecule has 0 aromatic heterocycles. The van der Waals surface area contributed by atoms with Crippen molar-refractivity contribution in [1.29, 1.82) is 0 Å². The first-order valence-electron chi connectivity index (χ1n) is 4.61. The van der Waals surface area contributed by atoms with Crippen molar-refractivity contribution in [3.8, 4) is 0 Å². The van der Waals surface area contributed by atoms with E-state index in [4.69, 9.17) is 11.6 Å². The van der Waals surface area contributed by atoms with Crippen molar-refractivity contribution < 1.29 is 0 Å². The molecule has 0 unspecified atom stereocenters. The van der Waals surface area contributed by atoms with Crippen LogP contribution in [0.25, 0.3) is 0 Å². The molecule has 2 rings (SSSR count). The topological polar surface area (TPSA) is 0 Å². The molecule has 0 atom stereocenters. The minimum absolute atomic E-state index is 0.783. The fourth-order valence-corrected chi connectivity index (χ4v) is 2.40. The highest BCUT2D eigenvalue weighted by Crippen LogP contribution is 2.34. The summed E-state index contributed by atoms with van der Waals surface area (Å²) >= 11 is 7.73. The second-order valence-electron chi connectivity index (χ2n) is 3.14. The van der Waals surface area contributed by atoms with Gasteiger partial charge in [0.2, 0.25) is 0 Å². The molecule has 0 amide bonds. The molecule has 0 fully saturated rings. The van der Waals surface area contributed by atoms with E-state index in [1.54, 1.807) is 11.8 Å². The van der Waals surface area contributed by atoms with E-state index in [1.807, 2.05) is 42.5 Å². The van der Waals surface area contributed by atoms with Gasteiger partial charge in [0.25, 0.3) is 0 Å². The van der Waals surface area contributed by atoms with E-state index in [1.165, 1.54) is 0 Å². The molecule has 0 aliphatic heterocycles. The van der Waals surface area contributed by atoms with Crippen LogP contribution in [0, 0.1) is 6.92 Å². The van der Waals surface area contributed by atoms with Gasteiger partial charge in [0.15, 0.2) is 0 Å². The average molecular weight is 234 g/mol. The third-order valence-electron chi connectivity index (χ3n) is 2.03. The van der Waals surface area contributed by atoms with Gasteiger partial charge in [0.1, 0.15) is 0 Å². The zero-order valence-electron chi connectivity index (χ0n) is 8.11. The lowest BCUT2D eigenvalue weighted by molar-refractivity contribution is 1.36. The molecular weight excluding hydrogens is 224 g/mol. The van der Waals surface area contributed by atoms with Crippen molar-refractivity contribution in [2.75, 3.05) is 0 Å². The molecule has 0 nitrogen and oxygen atoms in total. The van der Waals surface area contributed by atoms with E-state index in [-0.39, 0.29) is 0 Å². The predicted molar refractivity (Wildman–Crippen MR) is 66.5 cm³/mol. The van der Waals surface area contributed by atoms with Crippen LogP contribution in [0.15, 0.2) is 58.3 Å².